The molecule has 0 atom stereocenters. The Bertz CT molecular complexity index is 657. The Morgan fingerprint density at radius 3 is 2.42 bits per heavy atom. The molecule has 0 bridgehead atoms. The Balaban J connectivity index is 2.56. The second-order valence-corrected chi connectivity index (χ2v) is 5.90. The summed E-state index contributed by atoms with van der Waals surface area (Å²) in [6, 6.07) is 10.3. The van der Waals surface area contributed by atoms with Gasteiger partial charge >= 0.3 is 0 Å². The van der Waals surface area contributed by atoms with Gasteiger partial charge in [-0.2, -0.15) is 0 Å². The van der Waals surface area contributed by atoms with Crippen molar-refractivity contribution in [2.24, 2.45) is 0 Å². The minimum Gasteiger partial charge on any atom is -0.392 e. The summed E-state index contributed by atoms with van der Waals surface area (Å²) >= 11 is 0. The largest absolute Gasteiger partial charge is 0.392 e. The summed E-state index contributed by atoms with van der Waals surface area (Å²) in [5.74, 6) is 0. The third kappa shape index (κ3) is 3.10. The van der Waals surface area contributed by atoms with Crippen LogP contribution in [0.5, 0.6) is 0 Å². The van der Waals surface area contributed by atoms with E-state index in [1.54, 1.807) is 30.3 Å². The molecule has 0 spiro atoms. The highest BCUT2D eigenvalue weighted by molar-refractivity contribution is 7.92. The smallest absolute Gasteiger partial charge is 0.236 e. The molecule has 0 aliphatic rings. The van der Waals surface area contributed by atoms with Gasteiger partial charge in [0.1, 0.15) is 0 Å². The molecule has 0 unspecified atom stereocenters. The monoisotopic (exact) mass is 278 g/mol. The minimum atomic E-state index is -3.48. The molecule has 5 nitrogen and oxygen atoms in total. The maximum atomic E-state index is 12.0. The molecule has 0 saturated carbocycles. The minimum absolute atomic E-state index is 0.187. The zero-order chi connectivity index (χ0) is 13.9. The number of aliphatic hydroxyl groups is 1. The SMILES string of the molecule is CS(=O)(=O)N(c1ccccc1)c1cncc(CO)c1. The number of sulfonamides is 1. The molecule has 2 rings (SSSR count). The van der Waals surface area contributed by atoms with Crippen molar-refractivity contribution in [2.75, 3.05) is 10.6 Å². The number of anilines is 2. The van der Waals surface area contributed by atoms with E-state index in [1.807, 2.05) is 6.07 Å². The van der Waals surface area contributed by atoms with E-state index in [1.165, 1.54) is 16.7 Å². The zero-order valence-corrected chi connectivity index (χ0v) is 11.2. The first kappa shape index (κ1) is 13.5. The second-order valence-electron chi connectivity index (χ2n) is 4.07. The van der Waals surface area contributed by atoms with Gasteiger partial charge in [0.05, 0.1) is 30.4 Å². The summed E-state index contributed by atoms with van der Waals surface area (Å²) in [5, 5.41) is 9.11. The van der Waals surface area contributed by atoms with Crippen LogP contribution >= 0.6 is 0 Å². The molecule has 0 amide bonds. The molecular weight excluding hydrogens is 264 g/mol. The zero-order valence-electron chi connectivity index (χ0n) is 10.4. The van der Waals surface area contributed by atoms with Crippen LogP contribution in [0.2, 0.25) is 0 Å². The molecule has 1 aromatic carbocycles. The lowest BCUT2D eigenvalue weighted by Crippen LogP contribution is -2.24. The van der Waals surface area contributed by atoms with E-state index in [0.717, 1.165) is 6.26 Å². The molecule has 1 aromatic heterocycles. The van der Waals surface area contributed by atoms with Gasteiger partial charge in [-0.3, -0.25) is 4.98 Å². The van der Waals surface area contributed by atoms with Gasteiger partial charge in [0.2, 0.25) is 10.0 Å². The van der Waals surface area contributed by atoms with Crippen molar-refractivity contribution in [3.63, 3.8) is 0 Å². The average molecular weight is 278 g/mol. The van der Waals surface area contributed by atoms with Crippen molar-refractivity contribution in [3.05, 3.63) is 54.4 Å². The first-order chi connectivity index (χ1) is 9.02. The number of hydrogen-bond donors (Lipinski definition) is 1. The van der Waals surface area contributed by atoms with Crippen LogP contribution in [0.3, 0.4) is 0 Å². The molecule has 1 heterocycles. The lowest BCUT2D eigenvalue weighted by atomic mass is 10.2. The van der Waals surface area contributed by atoms with Crippen LogP contribution in [0.4, 0.5) is 11.4 Å². The summed E-state index contributed by atoms with van der Waals surface area (Å²) in [6.45, 7) is -0.187. The lowest BCUT2D eigenvalue weighted by Gasteiger charge is -2.22. The molecule has 2 aromatic rings. The Morgan fingerprint density at radius 2 is 1.84 bits per heavy atom. The van der Waals surface area contributed by atoms with E-state index in [9.17, 15) is 8.42 Å². The molecule has 6 heteroatoms. The fourth-order valence-corrected chi connectivity index (χ4v) is 2.75. The first-order valence-corrected chi connectivity index (χ1v) is 7.47. The topological polar surface area (TPSA) is 70.5 Å². The third-order valence-corrected chi connectivity index (χ3v) is 3.60. The van der Waals surface area contributed by atoms with Gasteiger partial charge in [-0.15, -0.1) is 0 Å². The highest BCUT2D eigenvalue weighted by Crippen LogP contribution is 2.27. The standard InChI is InChI=1S/C13H14N2O3S/c1-19(17,18)15(12-5-3-2-4-6-12)13-7-11(10-16)8-14-9-13/h2-9,16H,10H2,1H3. The van der Waals surface area contributed by atoms with Gasteiger partial charge in [-0.1, -0.05) is 18.2 Å². The van der Waals surface area contributed by atoms with Crippen molar-refractivity contribution in [1.29, 1.82) is 0 Å². The molecule has 100 valence electrons. The number of rotatable bonds is 4. The molecule has 0 saturated heterocycles. The Labute approximate surface area is 112 Å². The van der Waals surface area contributed by atoms with Crippen LogP contribution in [0.1, 0.15) is 5.56 Å². The summed E-state index contributed by atoms with van der Waals surface area (Å²) in [6.07, 6.45) is 4.08. The van der Waals surface area contributed by atoms with Crippen LogP contribution < -0.4 is 4.31 Å². The Kier molecular flexibility index (Phi) is 3.82. The van der Waals surface area contributed by atoms with E-state index < -0.39 is 10.0 Å². The number of para-hydroxylation sites is 1. The van der Waals surface area contributed by atoms with Crippen molar-refractivity contribution >= 4 is 21.4 Å². The normalized spacial score (nSPS) is 11.3. The van der Waals surface area contributed by atoms with Crippen LogP contribution in [-0.2, 0) is 16.6 Å². The summed E-state index contributed by atoms with van der Waals surface area (Å²) < 4.78 is 25.1. The lowest BCUT2D eigenvalue weighted by molar-refractivity contribution is 0.281. The van der Waals surface area contributed by atoms with Crippen molar-refractivity contribution in [3.8, 4) is 0 Å². The van der Waals surface area contributed by atoms with Gasteiger partial charge in [0, 0.05) is 6.20 Å². The van der Waals surface area contributed by atoms with Crippen LogP contribution in [0.15, 0.2) is 48.8 Å². The Morgan fingerprint density at radius 1 is 1.16 bits per heavy atom. The van der Waals surface area contributed by atoms with Gasteiger partial charge < -0.3 is 5.11 Å². The highest BCUT2D eigenvalue weighted by atomic mass is 32.2. The maximum Gasteiger partial charge on any atom is 0.236 e. The van der Waals surface area contributed by atoms with Crippen LogP contribution in [0.25, 0.3) is 0 Å². The Hall–Kier alpha value is -1.92. The van der Waals surface area contributed by atoms with E-state index >= 15 is 0 Å². The summed E-state index contributed by atoms with van der Waals surface area (Å²) in [4.78, 5) is 3.95. The number of nitrogens with zero attached hydrogens (tertiary/aromatic N) is 2. The predicted molar refractivity (Wildman–Crippen MR) is 73.6 cm³/mol. The van der Waals surface area contributed by atoms with Crippen LogP contribution in [0, 0.1) is 0 Å². The van der Waals surface area contributed by atoms with Gasteiger partial charge in [-0.05, 0) is 23.8 Å². The second kappa shape index (κ2) is 5.38. The van der Waals surface area contributed by atoms with E-state index in [0.29, 0.717) is 16.9 Å². The predicted octanol–water partition coefficient (Wildman–Crippen LogP) is 1.67. The third-order valence-electron chi connectivity index (χ3n) is 2.52. The molecule has 0 aliphatic heterocycles. The number of hydrogen-bond acceptors (Lipinski definition) is 4. The quantitative estimate of drug-likeness (QED) is 0.923. The molecule has 1 N–H and O–H groups in total. The molecule has 19 heavy (non-hydrogen) atoms. The number of aromatic nitrogens is 1. The maximum absolute atomic E-state index is 12.0. The van der Waals surface area contributed by atoms with E-state index in [4.69, 9.17) is 5.11 Å². The van der Waals surface area contributed by atoms with Crippen molar-refractivity contribution in [1.82, 2.24) is 4.98 Å². The fourth-order valence-electron chi connectivity index (χ4n) is 1.77. The summed E-state index contributed by atoms with van der Waals surface area (Å²) in [5.41, 5.74) is 1.49. The first-order valence-electron chi connectivity index (χ1n) is 5.62. The fraction of sp³-hybridized carbons (Fsp3) is 0.154. The van der Waals surface area contributed by atoms with Crippen molar-refractivity contribution in [2.45, 2.75) is 6.61 Å². The van der Waals surface area contributed by atoms with Gasteiger partial charge in [0.15, 0.2) is 0 Å². The van der Waals surface area contributed by atoms with Gasteiger partial charge in [-0.25, -0.2) is 12.7 Å². The molecule has 0 radical (unpaired) electrons. The van der Waals surface area contributed by atoms with E-state index in [2.05, 4.69) is 4.98 Å². The highest BCUT2D eigenvalue weighted by Gasteiger charge is 2.19. The van der Waals surface area contributed by atoms with Crippen LogP contribution in [-0.4, -0.2) is 24.8 Å². The molecular formula is C13H14N2O3S. The average Bonchev–Trinajstić information content (AvgIpc) is 2.39. The molecule has 0 aliphatic carbocycles. The number of aliphatic hydroxyl groups excluding tert-OH is 1. The van der Waals surface area contributed by atoms with Gasteiger partial charge in [0.25, 0.3) is 0 Å². The number of benzene rings is 1. The van der Waals surface area contributed by atoms with E-state index in [-0.39, 0.29) is 6.61 Å². The number of pyridine rings is 1. The molecule has 0 fully saturated rings. The summed E-state index contributed by atoms with van der Waals surface area (Å²) in [7, 11) is -3.48. The van der Waals surface area contributed by atoms with Crippen molar-refractivity contribution < 1.29 is 13.5 Å².